The van der Waals surface area contributed by atoms with Gasteiger partial charge in [-0.1, -0.05) is 6.07 Å². The number of piperidine rings is 1. The standard InChI is InChI=1S/C20H34N4O3S2/c1-21-19(23-15-20(29(3,25)26)8-11-27-12-9-20)22-14-16-6-4-10-24(2)18(16)17-7-5-13-28-17/h5,7,13,16,18H,4,6,8-12,14-15H2,1-3H3,(H2,21,22,23). The number of nitrogens with one attached hydrogen (secondary N) is 2. The number of thiophene rings is 1. The highest BCUT2D eigenvalue weighted by molar-refractivity contribution is 7.92. The average Bonchev–Trinajstić information content (AvgIpc) is 3.22. The predicted molar refractivity (Wildman–Crippen MR) is 119 cm³/mol. The van der Waals surface area contributed by atoms with Crippen LogP contribution in [0.3, 0.4) is 0 Å². The van der Waals surface area contributed by atoms with E-state index in [1.165, 1.54) is 24.0 Å². The molecule has 2 aliphatic heterocycles. The molecule has 0 aliphatic carbocycles. The molecule has 0 aromatic carbocycles. The molecule has 29 heavy (non-hydrogen) atoms. The van der Waals surface area contributed by atoms with Gasteiger partial charge in [-0.15, -0.1) is 11.3 Å². The molecule has 3 heterocycles. The van der Waals surface area contributed by atoms with Crippen LogP contribution in [-0.4, -0.2) is 77.2 Å². The second-order valence-corrected chi connectivity index (χ2v) is 11.6. The fourth-order valence-electron chi connectivity index (χ4n) is 4.50. The topological polar surface area (TPSA) is 83.0 Å². The quantitative estimate of drug-likeness (QED) is 0.517. The van der Waals surface area contributed by atoms with Crippen molar-refractivity contribution in [2.24, 2.45) is 10.9 Å². The first-order valence-corrected chi connectivity index (χ1v) is 13.1. The normalized spacial score (nSPS) is 26.2. The van der Waals surface area contributed by atoms with E-state index < -0.39 is 14.6 Å². The molecule has 2 atom stereocenters. The Balaban J connectivity index is 1.61. The van der Waals surface area contributed by atoms with Crippen molar-refractivity contribution in [2.75, 3.05) is 53.2 Å². The Morgan fingerprint density at radius 3 is 2.76 bits per heavy atom. The van der Waals surface area contributed by atoms with Crippen molar-refractivity contribution in [3.8, 4) is 0 Å². The van der Waals surface area contributed by atoms with Crippen LogP contribution >= 0.6 is 11.3 Å². The van der Waals surface area contributed by atoms with Crippen LogP contribution in [0.2, 0.25) is 0 Å². The summed E-state index contributed by atoms with van der Waals surface area (Å²) < 4.78 is 29.5. The molecule has 164 valence electrons. The van der Waals surface area contributed by atoms with E-state index in [-0.39, 0.29) is 0 Å². The van der Waals surface area contributed by atoms with E-state index in [4.69, 9.17) is 4.74 Å². The molecule has 0 spiro atoms. The van der Waals surface area contributed by atoms with E-state index in [1.54, 1.807) is 7.05 Å². The van der Waals surface area contributed by atoms with Crippen LogP contribution in [0.5, 0.6) is 0 Å². The van der Waals surface area contributed by atoms with Gasteiger partial charge in [-0.25, -0.2) is 8.42 Å². The zero-order valence-electron chi connectivity index (χ0n) is 17.7. The fourth-order valence-corrected chi connectivity index (χ4v) is 6.72. The van der Waals surface area contributed by atoms with Gasteiger partial charge in [-0.05, 0) is 56.6 Å². The van der Waals surface area contributed by atoms with Crippen molar-refractivity contribution < 1.29 is 13.2 Å². The summed E-state index contributed by atoms with van der Waals surface area (Å²) in [5.41, 5.74) is 0. The molecular formula is C20H34N4O3S2. The number of sulfone groups is 1. The summed E-state index contributed by atoms with van der Waals surface area (Å²) in [7, 11) is 0.728. The predicted octanol–water partition coefficient (Wildman–Crippen LogP) is 1.89. The third-order valence-electron chi connectivity index (χ3n) is 6.37. The molecule has 2 N–H and O–H groups in total. The summed E-state index contributed by atoms with van der Waals surface area (Å²) in [5, 5.41) is 8.87. The maximum absolute atomic E-state index is 12.5. The third-order valence-corrected chi connectivity index (χ3v) is 9.43. The molecule has 0 radical (unpaired) electrons. The van der Waals surface area contributed by atoms with E-state index in [1.807, 2.05) is 11.3 Å². The first-order chi connectivity index (χ1) is 13.9. The van der Waals surface area contributed by atoms with Gasteiger partial charge in [-0.3, -0.25) is 9.89 Å². The largest absolute Gasteiger partial charge is 0.381 e. The Morgan fingerprint density at radius 1 is 1.38 bits per heavy atom. The van der Waals surface area contributed by atoms with Crippen molar-refractivity contribution in [1.82, 2.24) is 15.5 Å². The van der Waals surface area contributed by atoms with Crippen LogP contribution < -0.4 is 10.6 Å². The third kappa shape index (κ3) is 5.31. The molecule has 2 aliphatic rings. The van der Waals surface area contributed by atoms with Gasteiger partial charge in [0.2, 0.25) is 0 Å². The highest BCUT2D eigenvalue weighted by Crippen LogP contribution is 2.36. The number of hydrogen-bond acceptors (Lipinski definition) is 6. The van der Waals surface area contributed by atoms with Crippen LogP contribution in [0, 0.1) is 5.92 Å². The van der Waals surface area contributed by atoms with Crippen molar-refractivity contribution in [2.45, 2.75) is 36.5 Å². The molecule has 3 rings (SSSR count). The molecule has 1 aromatic heterocycles. The first kappa shape index (κ1) is 22.5. The average molecular weight is 443 g/mol. The Labute approximate surface area is 178 Å². The van der Waals surface area contributed by atoms with E-state index >= 15 is 0 Å². The van der Waals surface area contributed by atoms with Crippen molar-refractivity contribution in [3.05, 3.63) is 22.4 Å². The summed E-state index contributed by atoms with van der Waals surface area (Å²) >= 11 is 1.81. The lowest BCUT2D eigenvalue weighted by Gasteiger charge is -2.39. The van der Waals surface area contributed by atoms with Crippen LogP contribution in [0.25, 0.3) is 0 Å². The van der Waals surface area contributed by atoms with Gasteiger partial charge in [0.05, 0.1) is 4.75 Å². The Hall–Kier alpha value is -1.16. The Morgan fingerprint density at radius 2 is 2.14 bits per heavy atom. The molecule has 0 amide bonds. The minimum absolute atomic E-state index is 0.355. The van der Waals surface area contributed by atoms with Crippen molar-refractivity contribution >= 4 is 27.1 Å². The number of likely N-dealkylation sites (tertiary alicyclic amines) is 1. The molecule has 2 fully saturated rings. The van der Waals surface area contributed by atoms with E-state index in [2.05, 4.69) is 45.1 Å². The highest BCUT2D eigenvalue weighted by atomic mass is 32.2. The Kier molecular flexibility index (Phi) is 7.58. The van der Waals surface area contributed by atoms with Crippen LogP contribution in [0.4, 0.5) is 0 Å². The maximum Gasteiger partial charge on any atom is 0.191 e. The molecule has 2 saturated heterocycles. The molecule has 2 unspecified atom stereocenters. The van der Waals surface area contributed by atoms with Crippen molar-refractivity contribution in [3.63, 3.8) is 0 Å². The molecule has 9 heteroatoms. The van der Waals surface area contributed by atoms with Gasteiger partial charge in [0.15, 0.2) is 15.8 Å². The second kappa shape index (κ2) is 9.76. The fraction of sp³-hybridized carbons (Fsp3) is 0.750. The van der Waals surface area contributed by atoms with Gasteiger partial charge in [0.1, 0.15) is 0 Å². The SMILES string of the molecule is CN=C(NCC1CCCN(C)C1c1cccs1)NCC1(S(C)(=O)=O)CCOCC1. The summed E-state index contributed by atoms with van der Waals surface area (Å²) in [6.07, 6.45) is 4.72. The molecule has 1 aromatic rings. The maximum atomic E-state index is 12.5. The number of guanidine groups is 1. The summed E-state index contributed by atoms with van der Waals surface area (Å²) in [6, 6.07) is 4.75. The highest BCUT2D eigenvalue weighted by Gasteiger charge is 2.42. The van der Waals surface area contributed by atoms with E-state index in [9.17, 15) is 8.42 Å². The van der Waals surface area contributed by atoms with Crippen molar-refractivity contribution in [1.29, 1.82) is 0 Å². The van der Waals surface area contributed by atoms with E-state index in [0.717, 1.165) is 13.1 Å². The molecule has 7 nitrogen and oxygen atoms in total. The summed E-state index contributed by atoms with van der Waals surface area (Å²) in [5.74, 6) is 1.15. The van der Waals surface area contributed by atoms with Crippen LogP contribution in [-0.2, 0) is 14.6 Å². The smallest absolute Gasteiger partial charge is 0.191 e. The number of nitrogens with zero attached hydrogens (tertiary/aromatic N) is 2. The molecule has 0 bridgehead atoms. The van der Waals surface area contributed by atoms with Crippen LogP contribution in [0.1, 0.15) is 36.6 Å². The lowest BCUT2D eigenvalue weighted by molar-refractivity contribution is 0.0756. The van der Waals surface area contributed by atoms with Gasteiger partial charge in [-0.2, -0.15) is 0 Å². The number of ether oxygens (including phenoxy) is 1. The number of aliphatic imine (C=N–C) groups is 1. The zero-order valence-corrected chi connectivity index (χ0v) is 19.3. The van der Waals surface area contributed by atoms with Gasteiger partial charge in [0.25, 0.3) is 0 Å². The van der Waals surface area contributed by atoms with E-state index in [0.29, 0.717) is 50.5 Å². The van der Waals surface area contributed by atoms with Gasteiger partial charge >= 0.3 is 0 Å². The first-order valence-electron chi connectivity index (χ1n) is 10.3. The van der Waals surface area contributed by atoms with Gasteiger partial charge < -0.3 is 15.4 Å². The zero-order chi connectivity index (χ0) is 20.9. The minimum atomic E-state index is -3.20. The lowest BCUT2D eigenvalue weighted by atomic mass is 9.88. The monoisotopic (exact) mass is 442 g/mol. The second-order valence-electron chi connectivity index (χ2n) is 8.22. The molecule has 0 saturated carbocycles. The summed E-state index contributed by atoms with van der Waals surface area (Å²) in [4.78, 5) is 8.18. The van der Waals surface area contributed by atoms with Gasteiger partial charge in [0, 0.05) is 50.5 Å². The molecular weight excluding hydrogens is 408 g/mol. The Bertz CT molecular complexity index is 774. The lowest BCUT2D eigenvalue weighted by Crippen LogP contribution is -2.54. The minimum Gasteiger partial charge on any atom is -0.381 e. The number of rotatable bonds is 6. The summed E-state index contributed by atoms with van der Waals surface area (Å²) in [6.45, 7) is 3.25. The number of hydrogen-bond donors (Lipinski definition) is 2. The van der Waals surface area contributed by atoms with Crippen LogP contribution in [0.15, 0.2) is 22.5 Å².